The van der Waals surface area contributed by atoms with Gasteiger partial charge in [-0.1, -0.05) is 0 Å². The monoisotopic (exact) mass is 324 g/mol. The van der Waals surface area contributed by atoms with E-state index in [4.69, 9.17) is 13.9 Å². The molecule has 6 heteroatoms. The highest BCUT2D eigenvalue weighted by Crippen LogP contribution is 2.30. The minimum absolute atomic E-state index is 0.147. The summed E-state index contributed by atoms with van der Waals surface area (Å²) in [5, 5.41) is 0. The van der Waals surface area contributed by atoms with E-state index in [0.29, 0.717) is 17.2 Å². The van der Waals surface area contributed by atoms with Crippen molar-refractivity contribution >= 4 is 5.97 Å². The third-order valence-electron chi connectivity index (χ3n) is 3.38. The number of benzene rings is 1. The first-order valence-electron chi connectivity index (χ1n) is 7.45. The molecular weight excluding hydrogens is 308 g/mol. The Morgan fingerprint density at radius 2 is 1.79 bits per heavy atom. The predicted octanol–water partition coefficient (Wildman–Crippen LogP) is 3.59. The fraction of sp³-hybridized carbons (Fsp3) is 0.167. The normalized spacial score (nSPS) is 10.4. The number of carbonyl (C=O) groups excluding carboxylic acids is 1. The van der Waals surface area contributed by atoms with Crippen LogP contribution in [0.1, 0.15) is 17.4 Å². The SMILES string of the molecule is CCOC(=O)c1nc(-c2ccc(OC)cc2)oc1-c1ccncc1. The van der Waals surface area contributed by atoms with Crippen LogP contribution < -0.4 is 4.74 Å². The molecule has 0 radical (unpaired) electrons. The first-order valence-corrected chi connectivity index (χ1v) is 7.45. The second kappa shape index (κ2) is 6.95. The van der Waals surface area contributed by atoms with Crippen LogP contribution in [0.3, 0.4) is 0 Å². The average molecular weight is 324 g/mol. The summed E-state index contributed by atoms with van der Waals surface area (Å²) in [6, 6.07) is 10.7. The van der Waals surface area contributed by atoms with Gasteiger partial charge in [0, 0.05) is 23.5 Å². The van der Waals surface area contributed by atoms with Crippen LogP contribution in [-0.4, -0.2) is 29.7 Å². The lowest BCUT2D eigenvalue weighted by Crippen LogP contribution is -2.06. The molecule has 0 spiro atoms. The zero-order valence-electron chi connectivity index (χ0n) is 13.4. The van der Waals surface area contributed by atoms with Gasteiger partial charge in [-0.15, -0.1) is 0 Å². The van der Waals surface area contributed by atoms with Crippen LogP contribution in [0.15, 0.2) is 53.2 Å². The molecule has 3 aromatic rings. The predicted molar refractivity (Wildman–Crippen MR) is 87.7 cm³/mol. The molecule has 0 fully saturated rings. The van der Waals surface area contributed by atoms with Crippen molar-refractivity contribution in [3.05, 3.63) is 54.5 Å². The maximum absolute atomic E-state index is 12.2. The van der Waals surface area contributed by atoms with Gasteiger partial charge in [0.1, 0.15) is 5.75 Å². The molecule has 3 rings (SSSR count). The fourth-order valence-corrected chi connectivity index (χ4v) is 2.21. The van der Waals surface area contributed by atoms with Crippen LogP contribution in [0.4, 0.5) is 0 Å². The molecule has 0 amide bonds. The molecular formula is C18H16N2O4. The summed E-state index contributed by atoms with van der Waals surface area (Å²) in [4.78, 5) is 20.5. The number of oxazole rings is 1. The van der Waals surface area contributed by atoms with Crippen LogP contribution in [0.5, 0.6) is 5.75 Å². The summed E-state index contributed by atoms with van der Waals surface area (Å²) in [6.45, 7) is 2.01. The fourth-order valence-electron chi connectivity index (χ4n) is 2.21. The van der Waals surface area contributed by atoms with Crippen molar-refractivity contribution in [3.63, 3.8) is 0 Å². The third-order valence-corrected chi connectivity index (χ3v) is 3.38. The molecule has 0 aliphatic rings. The number of methoxy groups -OCH3 is 1. The van der Waals surface area contributed by atoms with Crippen LogP contribution in [0, 0.1) is 0 Å². The van der Waals surface area contributed by atoms with Crippen LogP contribution in [0.2, 0.25) is 0 Å². The quantitative estimate of drug-likeness (QED) is 0.668. The van der Waals surface area contributed by atoms with Crippen molar-refractivity contribution in [2.75, 3.05) is 13.7 Å². The first-order chi connectivity index (χ1) is 11.7. The molecule has 0 atom stereocenters. The smallest absolute Gasteiger partial charge is 0.361 e. The van der Waals surface area contributed by atoms with Gasteiger partial charge in [0.2, 0.25) is 5.89 Å². The van der Waals surface area contributed by atoms with Crippen LogP contribution in [-0.2, 0) is 4.74 Å². The van der Waals surface area contributed by atoms with Crippen molar-refractivity contribution in [2.24, 2.45) is 0 Å². The van der Waals surface area contributed by atoms with Gasteiger partial charge in [-0.2, -0.15) is 0 Å². The number of nitrogens with zero attached hydrogens (tertiary/aromatic N) is 2. The standard InChI is InChI=1S/C18H16N2O4/c1-3-23-18(21)15-16(12-8-10-19-11-9-12)24-17(20-15)13-4-6-14(22-2)7-5-13/h4-11H,3H2,1-2H3. The number of pyridine rings is 1. The second-order valence-corrected chi connectivity index (χ2v) is 4.88. The Morgan fingerprint density at radius 1 is 1.08 bits per heavy atom. The van der Waals surface area contributed by atoms with Crippen LogP contribution in [0.25, 0.3) is 22.8 Å². The van der Waals surface area contributed by atoms with Gasteiger partial charge in [-0.25, -0.2) is 9.78 Å². The number of esters is 1. The number of carbonyl (C=O) groups is 1. The molecule has 6 nitrogen and oxygen atoms in total. The maximum Gasteiger partial charge on any atom is 0.361 e. The molecule has 0 N–H and O–H groups in total. The zero-order valence-corrected chi connectivity index (χ0v) is 13.4. The second-order valence-electron chi connectivity index (χ2n) is 4.88. The zero-order chi connectivity index (χ0) is 16.9. The Balaban J connectivity index is 2.06. The summed E-state index contributed by atoms with van der Waals surface area (Å²) in [6.07, 6.45) is 3.25. The van der Waals surface area contributed by atoms with E-state index in [9.17, 15) is 4.79 Å². The number of hydrogen-bond acceptors (Lipinski definition) is 6. The number of rotatable bonds is 5. The Morgan fingerprint density at radius 3 is 2.42 bits per heavy atom. The van der Waals surface area contributed by atoms with Gasteiger partial charge in [0.05, 0.1) is 13.7 Å². The van der Waals surface area contributed by atoms with Gasteiger partial charge >= 0.3 is 5.97 Å². The number of aromatic nitrogens is 2. The highest BCUT2D eigenvalue weighted by molar-refractivity contribution is 5.94. The molecule has 0 bridgehead atoms. The van der Waals surface area contributed by atoms with Crippen molar-refractivity contribution in [2.45, 2.75) is 6.92 Å². The molecule has 24 heavy (non-hydrogen) atoms. The van der Waals surface area contributed by atoms with Gasteiger partial charge in [-0.05, 0) is 43.3 Å². The van der Waals surface area contributed by atoms with Gasteiger partial charge in [0.25, 0.3) is 0 Å². The molecule has 0 aliphatic heterocycles. The lowest BCUT2D eigenvalue weighted by Gasteiger charge is -2.00. The molecule has 1 aromatic carbocycles. The van der Waals surface area contributed by atoms with E-state index >= 15 is 0 Å². The minimum atomic E-state index is -0.521. The largest absolute Gasteiger partial charge is 0.497 e. The van der Waals surface area contributed by atoms with E-state index in [0.717, 1.165) is 11.3 Å². The lowest BCUT2D eigenvalue weighted by atomic mass is 10.2. The van der Waals surface area contributed by atoms with E-state index in [1.165, 1.54) is 0 Å². The van der Waals surface area contributed by atoms with Gasteiger partial charge in [0.15, 0.2) is 11.5 Å². The summed E-state index contributed by atoms with van der Waals surface area (Å²) in [7, 11) is 1.60. The van der Waals surface area contributed by atoms with Gasteiger partial charge in [-0.3, -0.25) is 4.98 Å². The van der Waals surface area contributed by atoms with Crippen molar-refractivity contribution < 1.29 is 18.7 Å². The summed E-state index contributed by atoms with van der Waals surface area (Å²) >= 11 is 0. The molecule has 0 saturated heterocycles. The summed E-state index contributed by atoms with van der Waals surface area (Å²) in [5.74, 6) is 0.910. The third kappa shape index (κ3) is 3.12. The maximum atomic E-state index is 12.2. The Hall–Kier alpha value is -3.15. The van der Waals surface area contributed by atoms with E-state index < -0.39 is 5.97 Å². The highest BCUT2D eigenvalue weighted by Gasteiger charge is 2.23. The van der Waals surface area contributed by atoms with E-state index in [1.807, 2.05) is 12.1 Å². The molecule has 2 aromatic heterocycles. The van der Waals surface area contributed by atoms with E-state index in [1.54, 1.807) is 50.7 Å². The Bertz CT molecular complexity index is 826. The van der Waals surface area contributed by atoms with E-state index in [-0.39, 0.29) is 12.3 Å². The molecule has 122 valence electrons. The number of hydrogen-bond donors (Lipinski definition) is 0. The van der Waals surface area contributed by atoms with Crippen molar-refractivity contribution in [3.8, 4) is 28.5 Å². The van der Waals surface area contributed by atoms with E-state index in [2.05, 4.69) is 9.97 Å². The van der Waals surface area contributed by atoms with Crippen LogP contribution >= 0.6 is 0 Å². The molecule has 0 aliphatic carbocycles. The molecule has 0 unspecified atom stereocenters. The first kappa shape index (κ1) is 15.7. The Labute approximate surface area is 139 Å². The topological polar surface area (TPSA) is 74.5 Å². The van der Waals surface area contributed by atoms with Crippen molar-refractivity contribution in [1.82, 2.24) is 9.97 Å². The molecule has 2 heterocycles. The summed E-state index contributed by atoms with van der Waals surface area (Å²) in [5.41, 5.74) is 1.59. The summed E-state index contributed by atoms with van der Waals surface area (Å²) < 4.78 is 16.1. The Kier molecular flexibility index (Phi) is 4.56. The number of ether oxygens (including phenoxy) is 2. The highest BCUT2D eigenvalue weighted by atomic mass is 16.5. The lowest BCUT2D eigenvalue weighted by molar-refractivity contribution is 0.0520. The molecule has 0 saturated carbocycles. The van der Waals surface area contributed by atoms with Gasteiger partial charge < -0.3 is 13.9 Å². The average Bonchev–Trinajstić information content (AvgIpc) is 3.08. The van der Waals surface area contributed by atoms with Crippen molar-refractivity contribution in [1.29, 1.82) is 0 Å². The minimum Gasteiger partial charge on any atom is -0.497 e.